The Bertz CT molecular complexity index is 458. The summed E-state index contributed by atoms with van der Waals surface area (Å²) in [7, 11) is 0. The number of amides is 1. The highest BCUT2D eigenvalue weighted by atomic mass is 16.4. The fraction of sp³-hybridized carbons (Fsp3) is 0.786. The summed E-state index contributed by atoms with van der Waals surface area (Å²) in [5.74, 6) is 0.927. The Hall–Kier alpha value is -1.51. The number of carbonyl (C=O) groups is 1. The predicted molar refractivity (Wildman–Crippen MR) is 81.6 cm³/mol. The van der Waals surface area contributed by atoms with Crippen LogP contribution >= 0.6 is 0 Å². The molecule has 124 valence electrons. The van der Waals surface area contributed by atoms with Gasteiger partial charge in [0.25, 0.3) is 0 Å². The highest BCUT2D eigenvalue weighted by molar-refractivity contribution is 5.79. The molecule has 1 aromatic rings. The Morgan fingerprint density at radius 3 is 2.73 bits per heavy atom. The Labute approximate surface area is 130 Å². The lowest BCUT2D eigenvalue weighted by Gasteiger charge is -2.24. The van der Waals surface area contributed by atoms with Crippen LogP contribution in [-0.2, 0) is 11.3 Å². The smallest absolute Gasteiger partial charge is 0.238 e. The number of nitrogens with two attached hydrogens (primary N) is 2. The van der Waals surface area contributed by atoms with Crippen molar-refractivity contribution in [1.82, 2.24) is 20.8 Å². The SMILES string of the molecule is NCCCC[C@H](NC(=O)C1CCNCC1)c1nnc(CN)o1. The van der Waals surface area contributed by atoms with Crippen LogP contribution in [0.15, 0.2) is 4.42 Å². The molecule has 1 saturated heterocycles. The van der Waals surface area contributed by atoms with Crippen LogP contribution in [0.25, 0.3) is 0 Å². The molecule has 22 heavy (non-hydrogen) atoms. The van der Waals surface area contributed by atoms with Gasteiger partial charge < -0.3 is 26.5 Å². The standard InChI is InChI=1S/C14H26N6O2/c15-6-2-1-3-11(14-20-19-12(9-16)22-14)18-13(21)10-4-7-17-8-5-10/h10-11,17H,1-9,15-16H2,(H,18,21)/t11-/m0/s1. The molecule has 0 radical (unpaired) electrons. The number of piperidine rings is 1. The van der Waals surface area contributed by atoms with Gasteiger partial charge in [-0.25, -0.2) is 0 Å². The van der Waals surface area contributed by atoms with Gasteiger partial charge in [-0.1, -0.05) is 0 Å². The van der Waals surface area contributed by atoms with Gasteiger partial charge in [0.1, 0.15) is 6.04 Å². The summed E-state index contributed by atoms with van der Waals surface area (Å²) < 4.78 is 5.51. The van der Waals surface area contributed by atoms with E-state index in [2.05, 4.69) is 20.8 Å². The Kier molecular flexibility index (Phi) is 6.75. The van der Waals surface area contributed by atoms with Gasteiger partial charge in [-0.3, -0.25) is 4.79 Å². The van der Waals surface area contributed by atoms with Gasteiger partial charge in [0, 0.05) is 5.92 Å². The Balaban J connectivity index is 1.98. The molecule has 8 heteroatoms. The zero-order chi connectivity index (χ0) is 15.8. The first-order valence-corrected chi connectivity index (χ1v) is 7.98. The van der Waals surface area contributed by atoms with E-state index in [1.807, 2.05) is 0 Å². The van der Waals surface area contributed by atoms with Crippen LogP contribution < -0.4 is 22.1 Å². The number of aromatic nitrogens is 2. The van der Waals surface area contributed by atoms with Gasteiger partial charge in [0.2, 0.25) is 17.7 Å². The van der Waals surface area contributed by atoms with Gasteiger partial charge in [-0.05, 0) is 51.7 Å². The van der Waals surface area contributed by atoms with E-state index in [9.17, 15) is 4.79 Å². The maximum Gasteiger partial charge on any atom is 0.238 e. The molecule has 1 aliphatic heterocycles. The van der Waals surface area contributed by atoms with Crippen molar-refractivity contribution in [2.45, 2.75) is 44.7 Å². The second-order valence-electron chi connectivity index (χ2n) is 5.61. The average molecular weight is 310 g/mol. The molecule has 8 nitrogen and oxygen atoms in total. The quantitative estimate of drug-likeness (QED) is 0.489. The van der Waals surface area contributed by atoms with E-state index in [0.717, 1.165) is 45.2 Å². The number of nitrogens with one attached hydrogen (secondary N) is 2. The fourth-order valence-corrected chi connectivity index (χ4v) is 2.61. The normalized spacial score (nSPS) is 17.4. The number of nitrogens with zero attached hydrogens (tertiary/aromatic N) is 2. The first kappa shape index (κ1) is 16.9. The minimum absolute atomic E-state index is 0.0511. The highest BCUT2D eigenvalue weighted by Crippen LogP contribution is 2.20. The van der Waals surface area contributed by atoms with Gasteiger partial charge in [-0.15, -0.1) is 10.2 Å². The molecule has 1 aromatic heterocycles. The number of carbonyl (C=O) groups excluding carboxylic acids is 1. The summed E-state index contributed by atoms with van der Waals surface area (Å²) in [4.78, 5) is 12.4. The van der Waals surface area contributed by atoms with Crippen molar-refractivity contribution >= 4 is 5.91 Å². The van der Waals surface area contributed by atoms with Crippen molar-refractivity contribution in [3.05, 3.63) is 11.8 Å². The van der Waals surface area contributed by atoms with Gasteiger partial charge in [0.15, 0.2) is 0 Å². The number of unbranched alkanes of at least 4 members (excludes halogenated alkanes) is 1. The maximum atomic E-state index is 12.4. The second kappa shape index (κ2) is 8.82. The first-order chi connectivity index (χ1) is 10.7. The molecule has 0 spiro atoms. The maximum absolute atomic E-state index is 12.4. The molecule has 0 aromatic carbocycles. The van der Waals surface area contributed by atoms with Crippen LogP contribution in [0.1, 0.15) is 49.9 Å². The van der Waals surface area contributed by atoms with Crippen molar-refractivity contribution in [2.24, 2.45) is 17.4 Å². The van der Waals surface area contributed by atoms with Gasteiger partial charge in [0.05, 0.1) is 6.54 Å². The van der Waals surface area contributed by atoms with Crippen molar-refractivity contribution in [3.8, 4) is 0 Å². The topological polar surface area (TPSA) is 132 Å². The summed E-state index contributed by atoms with van der Waals surface area (Å²) in [5.41, 5.74) is 11.0. The molecule has 2 rings (SSSR count). The fourth-order valence-electron chi connectivity index (χ4n) is 2.61. The predicted octanol–water partition coefficient (Wildman–Crippen LogP) is -0.186. The van der Waals surface area contributed by atoms with E-state index in [-0.39, 0.29) is 24.4 Å². The van der Waals surface area contributed by atoms with Gasteiger partial charge >= 0.3 is 0 Å². The summed E-state index contributed by atoms with van der Waals surface area (Å²) in [6.07, 6.45) is 4.25. The molecule has 2 heterocycles. The molecule has 1 fully saturated rings. The molecule has 6 N–H and O–H groups in total. The third kappa shape index (κ3) is 4.75. The highest BCUT2D eigenvalue weighted by Gasteiger charge is 2.26. The first-order valence-electron chi connectivity index (χ1n) is 7.98. The molecule has 1 aliphatic rings. The molecule has 1 amide bonds. The van der Waals surface area contributed by atoms with Crippen LogP contribution in [0.4, 0.5) is 0 Å². The van der Waals surface area contributed by atoms with Crippen LogP contribution in [0.3, 0.4) is 0 Å². The number of hydrogen-bond donors (Lipinski definition) is 4. The van der Waals surface area contributed by atoms with Crippen LogP contribution in [0.5, 0.6) is 0 Å². The lowest BCUT2D eigenvalue weighted by atomic mass is 9.96. The second-order valence-corrected chi connectivity index (χ2v) is 5.61. The van der Waals surface area contributed by atoms with Crippen molar-refractivity contribution < 1.29 is 9.21 Å². The minimum Gasteiger partial charge on any atom is -0.422 e. The van der Waals surface area contributed by atoms with E-state index < -0.39 is 0 Å². The summed E-state index contributed by atoms with van der Waals surface area (Å²) in [5, 5.41) is 14.2. The average Bonchev–Trinajstić information content (AvgIpc) is 3.04. The zero-order valence-electron chi connectivity index (χ0n) is 12.9. The Morgan fingerprint density at radius 1 is 1.32 bits per heavy atom. The van der Waals surface area contributed by atoms with E-state index in [0.29, 0.717) is 18.3 Å². The summed E-state index contributed by atoms with van der Waals surface area (Å²) in [6, 6.07) is -0.262. The third-order valence-electron chi connectivity index (χ3n) is 3.93. The summed E-state index contributed by atoms with van der Waals surface area (Å²) >= 11 is 0. The monoisotopic (exact) mass is 310 g/mol. The Morgan fingerprint density at radius 2 is 2.09 bits per heavy atom. The zero-order valence-corrected chi connectivity index (χ0v) is 12.9. The van der Waals surface area contributed by atoms with E-state index in [1.54, 1.807) is 0 Å². The molecule has 0 bridgehead atoms. The minimum atomic E-state index is -0.262. The summed E-state index contributed by atoms with van der Waals surface area (Å²) in [6.45, 7) is 2.60. The molecule has 1 atom stereocenters. The molecule has 0 saturated carbocycles. The van der Waals surface area contributed by atoms with Crippen LogP contribution in [-0.4, -0.2) is 35.7 Å². The molecule has 0 aliphatic carbocycles. The lowest BCUT2D eigenvalue weighted by Crippen LogP contribution is -2.39. The van der Waals surface area contributed by atoms with E-state index >= 15 is 0 Å². The largest absolute Gasteiger partial charge is 0.422 e. The van der Waals surface area contributed by atoms with Crippen molar-refractivity contribution in [3.63, 3.8) is 0 Å². The van der Waals surface area contributed by atoms with Crippen LogP contribution in [0.2, 0.25) is 0 Å². The van der Waals surface area contributed by atoms with Crippen molar-refractivity contribution in [1.29, 1.82) is 0 Å². The van der Waals surface area contributed by atoms with Crippen LogP contribution in [0, 0.1) is 5.92 Å². The third-order valence-corrected chi connectivity index (χ3v) is 3.93. The number of hydrogen-bond acceptors (Lipinski definition) is 7. The lowest BCUT2D eigenvalue weighted by molar-refractivity contribution is -0.126. The number of rotatable bonds is 8. The molecular formula is C14H26N6O2. The van der Waals surface area contributed by atoms with Gasteiger partial charge in [-0.2, -0.15) is 0 Å². The molecule has 0 unspecified atom stereocenters. The van der Waals surface area contributed by atoms with E-state index in [4.69, 9.17) is 15.9 Å². The van der Waals surface area contributed by atoms with Crippen molar-refractivity contribution in [2.75, 3.05) is 19.6 Å². The molecular weight excluding hydrogens is 284 g/mol. The van der Waals surface area contributed by atoms with E-state index in [1.165, 1.54) is 0 Å².